The van der Waals surface area contributed by atoms with Gasteiger partial charge in [-0.15, -0.1) is 0 Å². The minimum absolute atomic E-state index is 0.0107. The maximum absolute atomic E-state index is 12.2. The van der Waals surface area contributed by atoms with E-state index >= 15 is 0 Å². The fourth-order valence-electron chi connectivity index (χ4n) is 2.43. The van der Waals surface area contributed by atoms with Gasteiger partial charge in [-0.3, -0.25) is 25.1 Å². The summed E-state index contributed by atoms with van der Waals surface area (Å²) in [7, 11) is 1.85. The predicted octanol–water partition coefficient (Wildman–Crippen LogP) is 2.22. The Hall–Kier alpha value is -2.68. The maximum Gasteiger partial charge on any atom is 0.412 e. The highest BCUT2D eigenvalue weighted by molar-refractivity contribution is 5.97. The van der Waals surface area contributed by atoms with E-state index in [0.29, 0.717) is 18.8 Å². The third kappa shape index (κ3) is 4.90. The summed E-state index contributed by atoms with van der Waals surface area (Å²) in [5, 5.41) is 13.6. The van der Waals surface area contributed by atoms with Crippen molar-refractivity contribution in [2.45, 2.75) is 26.4 Å². The lowest BCUT2D eigenvalue weighted by molar-refractivity contribution is -0.383. The number of piperazine rings is 1. The molecule has 1 aromatic rings. The van der Waals surface area contributed by atoms with E-state index in [1.54, 1.807) is 25.7 Å². The zero-order valence-electron chi connectivity index (χ0n) is 14.7. The second kappa shape index (κ2) is 7.06. The molecule has 1 aromatic carbocycles. The Bertz CT molecular complexity index is 698. The molecule has 0 saturated carbocycles. The van der Waals surface area contributed by atoms with Gasteiger partial charge in [0.1, 0.15) is 11.3 Å². The van der Waals surface area contributed by atoms with E-state index in [1.165, 1.54) is 18.2 Å². The van der Waals surface area contributed by atoms with E-state index in [2.05, 4.69) is 5.32 Å². The van der Waals surface area contributed by atoms with Crippen molar-refractivity contribution in [1.29, 1.82) is 0 Å². The van der Waals surface area contributed by atoms with Gasteiger partial charge in [-0.1, -0.05) is 0 Å². The molecule has 2 rings (SSSR count). The van der Waals surface area contributed by atoms with Gasteiger partial charge in [0.05, 0.1) is 11.5 Å². The van der Waals surface area contributed by atoms with Crippen molar-refractivity contribution in [2.24, 2.45) is 0 Å². The number of nitrogens with one attached hydrogen (secondary N) is 1. The summed E-state index contributed by atoms with van der Waals surface area (Å²) in [6.45, 7) is 6.52. The Morgan fingerprint density at radius 2 is 2.00 bits per heavy atom. The van der Waals surface area contributed by atoms with Gasteiger partial charge in [0, 0.05) is 24.8 Å². The van der Waals surface area contributed by atoms with Gasteiger partial charge >= 0.3 is 6.09 Å². The molecule has 1 fully saturated rings. The van der Waals surface area contributed by atoms with Crippen molar-refractivity contribution in [3.05, 3.63) is 28.3 Å². The van der Waals surface area contributed by atoms with Crippen LogP contribution in [0, 0.1) is 10.1 Å². The number of ether oxygens (including phenoxy) is 1. The Morgan fingerprint density at radius 3 is 2.56 bits per heavy atom. The van der Waals surface area contributed by atoms with E-state index in [-0.39, 0.29) is 23.8 Å². The first-order valence-corrected chi connectivity index (χ1v) is 7.84. The topological polar surface area (TPSA) is 105 Å². The van der Waals surface area contributed by atoms with Gasteiger partial charge < -0.3 is 9.64 Å². The fraction of sp³-hybridized carbons (Fsp3) is 0.500. The standard InChI is InChI=1S/C16H22N4O5/c1-16(2,3)25-15(22)17-12-9-11(5-6-13(12)20(23)24)19-8-7-18(4)10-14(19)21/h5-6,9H,7-8,10H2,1-4H3,(H,17,22). The number of nitrogens with zero attached hydrogens (tertiary/aromatic N) is 3. The summed E-state index contributed by atoms with van der Waals surface area (Å²) < 4.78 is 5.14. The minimum atomic E-state index is -0.794. The highest BCUT2D eigenvalue weighted by Crippen LogP contribution is 2.30. The van der Waals surface area contributed by atoms with E-state index < -0.39 is 16.6 Å². The second-order valence-electron chi connectivity index (χ2n) is 6.87. The average molecular weight is 350 g/mol. The zero-order chi connectivity index (χ0) is 18.8. The molecule has 0 atom stereocenters. The maximum atomic E-state index is 12.2. The Balaban J connectivity index is 2.29. The van der Waals surface area contributed by atoms with Crippen LogP contribution in [0.5, 0.6) is 0 Å². The molecule has 0 radical (unpaired) electrons. The Morgan fingerprint density at radius 1 is 1.32 bits per heavy atom. The molecular formula is C16H22N4O5. The summed E-state index contributed by atoms with van der Waals surface area (Å²) >= 11 is 0. The molecular weight excluding hydrogens is 328 g/mol. The average Bonchev–Trinajstić information content (AvgIpc) is 2.44. The van der Waals surface area contributed by atoms with E-state index in [9.17, 15) is 19.7 Å². The van der Waals surface area contributed by atoms with Crippen LogP contribution in [-0.2, 0) is 9.53 Å². The summed E-state index contributed by atoms with van der Waals surface area (Å²) in [5.74, 6) is -0.106. The van der Waals surface area contributed by atoms with Crippen LogP contribution in [0.2, 0.25) is 0 Å². The van der Waals surface area contributed by atoms with E-state index in [0.717, 1.165) is 0 Å². The number of rotatable bonds is 3. The van der Waals surface area contributed by atoms with Crippen LogP contribution in [0.3, 0.4) is 0 Å². The summed E-state index contributed by atoms with van der Waals surface area (Å²) in [6.07, 6.45) is -0.794. The van der Waals surface area contributed by atoms with Crippen molar-refractivity contribution >= 4 is 29.1 Å². The zero-order valence-corrected chi connectivity index (χ0v) is 14.7. The number of nitro groups is 1. The number of carbonyl (C=O) groups is 2. The molecule has 0 spiro atoms. The van der Waals surface area contributed by atoms with Crippen molar-refractivity contribution < 1.29 is 19.2 Å². The highest BCUT2D eigenvalue weighted by atomic mass is 16.6. The van der Waals surface area contributed by atoms with Crippen LogP contribution in [0.1, 0.15) is 20.8 Å². The molecule has 0 unspecified atom stereocenters. The smallest absolute Gasteiger partial charge is 0.412 e. The molecule has 0 bridgehead atoms. The first-order valence-electron chi connectivity index (χ1n) is 7.84. The van der Waals surface area contributed by atoms with Crippen LogP contribution >= 0.6 is 0 Å². The van der Waals surface area contributed by atoms with Crippen molar-refractivity contribution in [3.8, 4) is 0 Å². The second-order valence-corrected chi connectivity index (χ2v) is 6.87. The van der Waals surface area contributed by atoms with Gasteiger partial charge in [-0.2, -0.15) is 0 Å². The molecule has 0 aliphatic carbocycles. The van der Waals surface area contributed by atoms with Gasteiger partial charge in [-0.05, 0) is 40.0 Å². The minimum Gasteiger partial charge on any atom is -0.444 e. The van der Waals surface area contributed by atoms with Gasteiger partial charge in [0.15, 0.2) is 0 Å². The molecule has 136 valence electrons. The SMILES string of the molecule is CN1CCN(c2ccc([N+](=O)[O-])c(NC(=O)OC(C)(C)C)c2)C(=O)C1. The van der Waals surface area contributed by atoms with E-state index in [1.807, 2.05) is 11.9 Å². The highest BCUT2D eigenvalue weighted by Gasteiger charge is 2.26. The molecule has 1 heterocycles. The molecule has 9 heteroatoms. The number of benzene rings is 1. The van der Waals surface area contributed by atoms with Gasteiger partial charge in [0.2, 0.25) is 5.91 Å². The monoisotopic (exact) mass is 350 g/mol. The summed E-state index contributed by atoms with van der Waals surface area (Å²) in [4.78, 5) is 38.2. The van der Waals surface area contributed by atoms with Crippen LogP contribution in [0.25, 0.3) is 0 Å². The number of hydrogen-bond acceptors (Lipinski definition) is 6. The molecule has 2 amide bonds. The van der Waals surface area contributed by atoms with Gasteiger partial charge in [-0.25, -0.2) is 4.79 Å². The summed E-state index contributed by atoms with van der Waals surface area (Å²) in [5.41, 5.74) is -0.515. The lowest BCUT2D eigenvalue weighted by Gasteiger charge is -2.32. The van der Waals surface area contributed by atoms with Crippen LogP contribution in [0.4, 0.5) is 21.9 Å². The molecule has 1 N–H and O–H groups in total. The van der Waals surface area contributed by atoms with Crippen molar-refractivity contribution in [2.75, 3.05) is 36.9 Å². The quantitative estimate of drug-likeness (QED) is 0.662. The number of likely N-dealkylation sites (N-methyl/N-ethyl adjacent to an activating group) is 1. The first kappa shape index (κ1) is 18.7. The van der Waals surface area contributed by atoms with Crippen LogP contribution in [-0.4, -0.2) is 54.1 Å². The molecule has 1 aliphatic rings. The number of anilines is 2. The van der Waals surface area contributed by atoms with Gasteiger partial charge in [0.25, 0.3) is 5.69 Å². The Labute approximate surface area is 145 Å². The predicted molar refractivity (Wildman–Crippen MR) is 92.8 cm³/mol. The lowest BCUT2D eigenvalue weighted by Crippen LogP contribution is -2.48. The molecule has 0 aromatic heterocycles. The number of hydrogen-bond donors (Lipinski definition) is 1. The number of amides is 2. The van der Waals surface area contributed by atoms with E-state index in [4.69, 9.17) is 4.74 Å². The molecule has 1 saturated heterocycles. The summed E-state index contributed by atoms with van der Waals surface area (Å²) in [6, 6.07) is 4.19. The Kier molecular flexibility index (Phi) is 5.27. The number of nitro benzene ring substituents is 1. The normalized spacial score (nSPS) is 15.8. The number of carbonyl (C=O) groups excluding carboxylic acids is 2. The van der Waals surface area contributed by atoms with Crippen molar-refractivity contribution in [1.82, 2.24) is 4.90 Å². The molecule has 1 aliphatic heterocycles. The van der Waals surface area contributed by atoms with Crippen LogP contribution < -0.4 is 10.2 Å². The third-order valence-corrected chi connectivity index (χ3v) is 3.54. The lowest BCUT2D eigenvalue weighted by atomic mass is 10.2. The fourth-order valence-corrected chi connectivity index (χ4v) is 2.43. The molecule has 9 nitrogen and oxygen atoms in total. The third-order valence-electron chi connectivity index (χ3n) is 3.54. The molecule has 25 heavy (non-hydrogen) atoms. The van der Waals surface area contributed by atoms with Crippen LogP contribution in [0.15, 0.2) is 18.2 Å². The van der Waals surface area contributed by atoms with Crippen molar-refractivity contribution in [3.63, 3.8) is 0 Å². The largest absolute Gasteiger partial charge is 0.444 e. The first-order chi connectivity index (χ1) is 11.6.